The minimum atomic E-state index is -0.734. The summed E-state index contributed by atoms with van der Waals surface area (Å²) in [5.41, 5.74) is 0.731. The second kappa shape index (κ2) is 8.93. The van der Waals surface area contributed by atoms with Crippen molar-refractivity contribution in [1.29, 1.82) is 0 Å². The molecule has 148 valence electrons. The van der Waals surface area contributed by atoms with Gasteiger partial charge in [0.2, 0.25) is 5.88 Å². The van der Waals surface area contributed by atoms with Gasteiger partial charge in [-0.25, -0.2) is 19.2 Å². The summed E-state index contributed by atoms with van der Waals surface area (Å²) in [6.07, 6.45) is 2.22. The average molecular weight is 426 g/mol. The van der Waals surface area contributed by atoms with Gasteiger partial charge in [0, 0.05) is 5.75 Å². The van der Waals surface area contributed by atoms with Crippen molar-refractivity contribution in [2.45, 2.75) is 13.3 Å². The van der Waals surface area contributed by atoms with Crippen LogP contribution >= 0.6 is 23.5 Å². The summed E-state index contributed by atoms with van der Waals surface area (Å²) in [6, 6.07) is 1.99. The third-order valence-corrected chi connectivity index (χ3v) is 4.94. The number of ether oxygens (including phenoxy) is 1. The molecule has 4 N–H and O–H groups in total. The summed E-state index contributed by atoms with van der Waals surface area (Å²) >= 11 is 7.68. The first-order chi connectivity index (χ1) is 13.5. The second-order valence-electron chi connectivity index (χ2n) is 5.49. The molecule has 3 rings (SSSR count). The van der Waals surface area contributed by atoms with Crippen LogP contribution in [0, 0.1) is 5.82 Å². The first-order valence-corrected chi connectivity index (χ1v) is 9.58. The molecule has 2 heterocycles. The van der Waals surface area contributed by atoms with Crippen LogP contribution in [0.2, 0.25) is 5.02 Å². The Bertz CT molecular complexity index is 1000. The third-order valence-electron chi connectivity index (χ3n) is 3.57. The summed E-state index contributed by atoms with van der Waals surface area (Å²) in [5, 5.41) is 12.0. The quantitative estimate of drug-likeness (QED) is 0.330. The van der Waals surface area contributed by atoms with Gasteiger partial charge >= 0.3 is 6.03 Å². The monoisotopic (exact) mass is 425 g/mol. The van der Waals surface area contributed by atoms with E-state index in [-0.39, 0.29) is 22.4 Å². The fourth-order valence-electron chi connectivity index (χ4n) is 2.30. The van der Waals surface area contributed by atoms with E-state index in [0.29, 0.717) is 16.7 Å². The highest BCUT2D eigenvalue weighted by Crippen LogP contribution is 2.34. The van der Waals surface area contributed by atoms with Crippen molar-refractivity contribution in [3.8, 4) is 5.88 Å². The Labute approximate surface area is 168 Å². The number of fused-ring (bicyclic) bond motifs is 1. The van der Waals surface area contributed by atoms with Crippen molar-refractivity contribution in [3.63, 3.8) is 0 Å². The van der Waals surface area contributed by atoms with Gasteiger partial charge in [-0.15, -0.1) is 5.10 Å². The fraction of sp³-hybridized carbons (Fsp3) is 0.250. The number of carbonyl (C=O) groups excluding carboxylic acids is 1. The summed E-state index contributed by atoms with van der Waals surface area (Å²) < 4.78 is 22.4. The predicted molar refractivity (Wildman–Crippen MR) is 109 cm³/mol. The van der Waals surface area contributed by atoms with Gasteiger partial charge in [0.25, 0.3) is 0 Å². The number of hydrogen-bond donors (Lipinski definition) is 4. The molecule has 12 heteroatoms. The topological polar surface area (TPSA) is 117 Å². The maximum Gasteiger partial charge on any atom is 0.324 e. The van der Waals surface area contributed by atoms with Gasteiger partial charge in [-0.05, 0) is 18.6 Å². The Hall–Kier alpha value is -2.79. The van der Waals surface area contributed by atoms with E-state index >= 15 is 0 Å². The van der Waals surface area contributed by atoms with Crippen molar-refractivity contribution in [2.75, 3.05) is 28.2 Å². The summed E-state index contributed by atoms with van der Waals surface area (Å²) in [4.78, 5) is 20.4. The molecule has 0 unspecified atom stereocenters. The number of rotatable bonds is 7. The van der Waals surface area contributed by atoms with Crippen LogP contribution in [0.5, 0.6) is 5.88 Å². The van der Waals surface area contributed by atoms with Crippen LogP contribution in [0.25, 0.3) is 11.0 Å². The molecular formula is C16H17ClFN7O2S. The molecule has 9 nitrogen and oxygen atoms in total. The minimum absolute atomic E-state index is 0.0625. The zero-order valence-corrected chi connectivity index (χ0v) is 16.5. The summed E-state index contributed by atoms with van der Waals surface area (Å²) in [7, 11) is 1.43. The molecule has 0 aliphatic carbocycles. The van der Waals surface area contributed by atoms with Gasteiger partial charge in [-0.2, -0.15) is 0 Å². The molecule has 0 aliphatic heterocycles. The largest absolute Gasteiger partial charge is 0.479 e. The van der Waals surface area contributed by atoms with Gasteiger partial charge in [0.05, 0.1) is 23.5 Å². The lowest BCUT2D eigenvalue weighted by molar-refractivity contribution is 0.262. The van der Waals surface area contributed by atoms with Crippen molar-refractivity contribution < 1.29 is 13.9 Å². The van der Waals surface area contributed by atoms with E-state index in [1.165, 1.54) is 37.5 Å². The van der Waals surface area contributed by atoms with Gasteiger partial charge in [-0.1, -0.05) is 30.5 Å². The molecule has 1 aromatic carbocycles. The first-order valence-electron chi connectivity index (χ1n) is 8.22. The van der Waals surface area contributed by atoms with Crippen LogP contribution in [0.15, 0.2) is 18.5 Å². The molecule has 0 aliphatic rings. The molecule has 0 fully saturated rings. The molecule has 2 amide bonds. The Morgan fingerprint density at radius 2 is 2.18 bits per heavy atom. The Morgan fingerprint density at radius 1 is 1.36 bits per heavy atom. The maximum atomic E-state index is 14.2. The molecule has 0 saturated heterocycles. The van der Waals surface area contributed by atoms with Crippen LogP contribution in [-0.2, 0) is 0 Å². The zero-order chi connectivity index (χ0) is 20.1. The van der Waals surface area contributed by atoms with Gasteiger partial charge < -0.3 is 14.8 Å². The van der Waals surface area contributed by atoms with E-state index < -0.39 is 11.8 Å². The smallest absolute Gasteiger partial charge is 0.324 e. The number of H-pyrrole nitrogens is 1. The highest BCUT2D eigenvalue weighted by molar-refractivity contribution is 8.00. The Balaban J connectivity index is 1.80. The third kappa shape index (κ3) is 4.20. The molecule has 28 heavy (non-hydrogen) atoms. The number of nitrogens with zero attached hydrogens (tertiary/aromatic N) is 3. The van der Waals surface area contributed by atoms with Crippen LogP contribution in [0.3, 0.4) is 0 Å². The average Bonchev–Trinajstić information content (AvgIpc) is 3.11. The standard InChI is InChI=1S/C16H17ClFN7O2S/c1-3-6-28-25-9-5-4-8(18)12(11(9)17)21-16(26)22-13-10-14(20-7-19-13)23-24-15(10)27-2/h4-5,7,25H,3,6H2,1-2H3,(H3,19,20,21,22,23,24,26). The molecule has 0 atom stereocenters. The number of aromatic nitrogens is 4. The lowest BCUT2D eigenvalue weighted by Crippen LogP contribution is -2.21. The van der Waals surface area contributed by atoms with Crippen LogP contribution < -0.4 is 20.1 Å². The number of nitrogens with one attached hydrogen (secondary N) is 4. The van der Waals surface area contributed by atoms with E-state index in [0.717, 1.165) is 12.2 Å². The van der Waals surface area contributed by atoms with Gasteiger partial charge in [-0.3, -0.25) is 10.4 Å². The highest BCUT2D eigenvalue weighted by atomic mass is 35.5. The van der Waals surface area contributed by atoms with E-state index in [2.05, 4.69) is 35.5 Å². The Kier molecular flexibility index (Phi) is 6.37. The predicted octanol–water partition coefficient (Wildman–Crippen LogP) is 4.27. The maximum absolute atomic E-state index is 14.2. The number of benzene rings is 1. The van der Waals surface area contributed by atoms with E-state index in [1.54, 1.807) is 0 Å². The summed E-state index contributed by atoms with van der Waals surface area (Å²) in [6.45, 7) is 2.04. The molecule has 0 spiro atoms. The van der Waals surface area contributed by atoms with Gasteiger partial charge in [0.1, 0.15) is 17.5 Å². The molecule has 0 saturated carbocycles. The fourth-order valence-corrected chi connectivity index (χ4v) is 3.24. The molecule has 3 aromatic rings. The van der Waals surface area contributed by atoms with E-state index in [9.17, 15) is 9.18 Å². The number of amides is 2. The SMILES string of the molecule is CCCSNc1ccc(F)c(NC(=O)Nc2ncnc3[nH]nc(OC)c23)c1Cl. The lowest BCUT2D eigenvalue weighted by atomic mass is 10.2. The van der Waals surface area contributed by atoms with Crippen LogP contribution in [0.4, 0.5) is 26.4 Å². The van der Waals surface area contributed by atoms with Gasteiger partial charge in [0.15, 0.2) is 11.5 Å². The number of anilines is 3. The van der Waals surface area contributed by atoms with Crippen molar-refractivity contribution in [1.82, 2.24) is 20.2 Å². The normalized spacial score (nSPS) is 10.7. The number of methoxy groups -OCH3 is 1. The lowest BCUT2D eigenvalue weighted by Gasteiger charge is -2.13. The number of halogens is 2. The van der Waals surface area contributed by atoms with Crippen LogP contribution in [0.1, 0.15) is 13.3 Å². The number of aromatic amines is 1. The summed E-state index contributed by atoms with van der Waals surface area (Å²) in [5.74, 6) is 0.555. The number of hydrogen-bond acceptors (Lipinski definition) is 7. The molecule has 2 aromatic heterocycles. The van der Waals surface area contributed by atoms with E-state index in [1.807, 2.05) is 6.92 Å². The Morgan fingerprint density at radius 3 is 2.93 bits per heavy atom. The number of carbonyl (C=O) groups is 1. The molecular weight excluding hydrogens is 409 g/mol. The molecule has 0 bridgehead atoms. The van der Waals surface area contributed by atoms with Crippen molar-refractivity contribution >= 4 is 57.8 Å². The first kappa shape index (κ1) is 20.0. The van der Waals surface area contributed by atoms with E-state index in [4.69, 9.17) is 16.3 Å². The van der Waals surface area contributed by atoms with Crippen LogP contribution in [-0.4, -0.2) is 39.1 Å². The highest BCUT2D eigenvalue weighted by Gasteiger charge is 2.18. The van der Waals surface area contributed by atoms with Crippen molar-refractivity contribution in [2.24, 2.45) is 0 Å². The molecule has 0 radical (unpaired) electrons. The number of urea groups is 1. The van der Waals surface area contributed by atoms with Crippen molar-refractivity contribution in [3.05, 3.63) is 29.3 Å². The second-order valence-corrected chi connectivity index (χ2v) is 6.77. The zero-order valence-electron chi connectivity index (χ0n) is 15.0. The minimum Gasteiger partial charge on any atom is -0.479 e.